The van der Waals surface area contributed by atoms with Gasteiger partial charge in [0.05, 0.1) is 0 Å². The average molecular weight is 291 g/mol. The molecule has 0 aliphatic carbocycles. The highest BCUT2D eigenvalue weighted by Crippen LogP contribution is 2.30. The second-order valence-electron chi connectivity index (χ2n) is 6.03. The summed E-state index contributed by atoms with van der Waals surface area (Å²) in [5.41, 5.74) is 2.06. The number of piperidine rings is 1. The van der Waals surface area contributed by atoms with Crippen molar-refractivity contribution >= 4 is 5.69 Å². The minimum atomic E-state index is 0.164. The van der Waals surface area contributed by atoms with Crippen molar-refractivity contribution < 1.29 is 5.11 Å². The first kappa shape index (κ1) is 16.1. The van der Waals surface area contributed by atoms with Crippen LogP contribution < -0.4 is 10.2 Å². The van der Waals surface area contributed by atoms with E-state index in [9.17, 15) is 5.11 Å². The van der Waals surface area contributed by atoms with E-state index < -0.39 is 0 Å². The van der Waals surface area contributed by atoms with E-state index in [4.69, 9.17) is 0 Å². The zero-order valence-corrected chi connectivity index (χ0v) is 13.8. The quantitative estimate of drug-likeness (QED) is 0.874. The number of rotatable bonds is 5. The average Bonchev–Trinajstić information content (AvgIpc) is 2.53. The van der Waals surface area contributed by atoms with Crippen LogP contribution in [-0.4, -0.2) is 49.8 Å². The van der Waals surface area contributed by atoms with Crippen LogP contribution in [0, 0.1) is 0 Å². The molecule has 1 fully saturated rings. The van der Waals surface area contributed by atoms with Gasteiger partial charge < -0.3 is 20.2 Å². The van der Waals surface area contributed by atoms with E-state index in [-0.39, 0.29) is 6.04 Å². The van der Waals surface area contributed by atoms with Crippen molar-refractivity contribution in [2.45, 2.75) is 38.8 Å². The number of nitrogens with one attached hydrogen (secondary N) is 1. The number of benzene rings is 1. The van der Waals surface area contributed by atoms with Crippen LogP contribution in [0.15, 0.2) is 18.2 Å². The predicted octanol–water partition coefficient (Wildman–Crippen LogP) is 2.59. The van der Waals surface area contributed by atoms with Crippen molar-refractivity contribution in [1.82, 2.24) is 10.2 Å². The molecule has 2 N–H and O–H groups in total. The molecule has 21 heavy (non-hydrogen) atoms. The number of anilines is 1. The van der Waals surface area contributed by atoms with E-state index in [1.54, 1.807) is 0 Å². The molecule has 1 saturated heterocycles. The van der Waals surface area contributed by atoms with Crippen LogP contribution in [0.1, 0.15) is 38.3 Å². The molecule has 118 valence electrons. The predicted molar refractivity (Wildman–Crippen MR) is 89.1 cm³/mol. The summed E-state index contributed by atoms with van der Waals surface area (Å²) < 4.78 is 0. The largest absolute Gasteiger partial charge is 0.508 e. The molecule has 1 aromatic carbocycles. The Morgan fingerprint density at radius 3 is 2.57 bits per heavy atom. The molecule has 1 unspecified atom stereocenters. The zero-order valence-electron chi connectivity index (χ0n) is 13.8. The standard InChI is InChI=1S/C17H29N3O/c1-5-20-10-8-14(9-11-20)19(4)15-6-7-16(13(2)18-3)17(21)12-15/h6-7,12-14,18,21H,5,8-11H2,1-4H3. The lowest BCUT2D eigenvalue weighted by Gasteiger charge is -2.37. The first-order chi connectivity index (χ1) is 10.1. The van der Waals surface area contributed by atoms with Crippen LogP contribution in [-0.2, 0) is 0 Å². The van der Waals surface area contributed by atoms with Gasteiger partial charge in [-0.15, -0.1) is 0 Å². The third-order valence-corrected chi connectivity index (χ3v) is 4.87. The van der Waals surface area contributed by atoms with Gasteiger partial charge in [0.2, 0.25) is 0 Å². The summed E-state index contributed by atoms with van der Waals surface area (Å²) in [6.07, 6.45) is 2.39. The van der Waals surface area contributed by atoms with Crippen molar-refractivity contribution in [3.8, 4) is 5.75 Å². The van der Waals surface area contributed by atoms with E-state index in [2.05, 4.69) is 42.1 Å². The first-order valence-electron chi connectivity index (χ1n) is 8.02. The third kappa shape index (κ3) is 3.69. The third-order valence-electron chi connectivity index (χ3n) is 4.87. The summed E-state index contributed by atoms with van der Waals surface area (Å²) in [7, 11) is 4.05. The molecule has 1 aliphatic heterocycles. The van der Waals surface area contributed by atoms with Gasteiger partial charge in [0.1, 0.15) is 5.75 Å². The van der Waals surface area contributed by atoms with Gasteiger partial charge in [0.15, 0.2) is 0 Å². The van der Waals surface area contributed by atoms with Crippen molar-refractivity contribution in [1.29, 1.82) is 0 Å². The fourth-order valence-electron chi connectivity index (χ4n) is 3.11. The van der Waals surface area contributed by atoms with Crippen LogP contribution in [0.25, 0.3) is 0 Å². The van der Waals surface area contributed by atoms with Gasteiger partial charge in [0.25, 0.3) is 0 Å². The lowest BCUT2D eigenvalue weighted by atomic mass is 10.0. The normalized spacial score (nSPS) is 18.7. The number of aromatic hydroxyl groups is 1. The Morgan fingerprint density at radius 2 is 2.05 bits per heavy atom. The van der Waals surface area contributed by atoms with E-state index in [0.29, 0.717) is 11.8 Å². The monoisotopic (exact) mass is 291 g/mol. The number of phenolic OH excluding ortho intramolecular Hbond substituents is 1. The van der Waals surface area contributed by atoms with E-state index in [1.807, 2.05) is 19.2 Å². The molecule has 1 heterocycles. The Bertz CT molecular complexity index is 455. The van der Waals surface area contributed by atoms with E-state index in [0.717, 1.165) is 17.8 Å². The SMILES string of the molecule is CCN1CCC(N(C)c2ccc(C(C)NC)c(O)c2)CC1. The maximum Gasteiger partial charge on any atom is 0.122 e. The highest BCUT2D eigenvalue weighted by Gasteiger charge is 2.22. The van der Waals surface area contributed by atoms with Crippen LogP contribution in [0.4, 0.5) is 5.69 Å². The Kier molecular flexibility index (Phi) is 5.48. The van der Waals surface area contributed by atoms with Crippen molar-refractivity contribution in [2.24, 2.45) is 0 Å². The molecule has 0 bridgehead atoms. The number of phenols is 1. The molecule has 2 rings (SSSR count). The summed E-state index contributed by atoms with van der Waals surface area (Å²) in [6.45, 7) is 7.77. The zero-order chi connectivity index (χ0) is 15.4. The lowest BCUT2D eigenvalue weighted by molar-refractivity contribution is 0.221. The fourth-order valence-corrected chi connectivity index (χ4v) is 3.11. The molecule has 0 saturated carbocycles. The number of hydrogen-bond donors (Lipinski definition) is 2. The van der Waals surface area contributed by atoms with Gasteiger partial charge in [-0.3, -0.25) is 0 Å². The summed E-state index contributed by atoms with van der Waals surface area (Å²) in [4.78, 5) is 4.82. The van der Waals surface area contributed by atoms with Gasteiger partial charge in [0, 0.05) is 49.5 Å². The fraction of sp³-hybridized carbons (Fsp3) is 0.647. The Morgan fingerprint density at radius 1 is 1.38 bits per heavy atom. The Labute approximate surface area is 128 Å². The summed E-state index contributed by atoms with van der Waals surface area (Å²) in [6, 6.07) is 6.78. The second-order valence-corrected chi connectivity index (χ2v) is 6.03. The molecule has 0 radical (unpaired) electrons. The number of likely N-dealkylation sites (tertiary alicyclic amines) is 1. The van der Waals surface area contributed by atoms with Gasteiger partial charge in [-0.05, 0) is 39.4 Å². The maximum absolute atomic E-state index is 10.2. The minimum Gasteiger partial charge on any atom is -0.508 e. The summed E-state index contributed by atoms with van der Waals surface area (Å²) >= 11 is 0. The molecule has 0 aromatic heterocycles. The van der Waals surface area contributed by atoms with Crippen LogP contribution in [0.2, 0.25) is 0 Å². The van der Waals surface area contributed by atoms with Gasteiger partial charge in [-0.1, -0.05) is 13.0 Å². The molecule has 1 atom stereocenters. The molecule has 1 aromatic rings. The number of hydrogen-bond acceptors (Lipinski definition) is 4. The molecular weight excluding hydrogens is 262 g/mol. The second kappa shape index (κ2) is 7.14. The Hall–Kier alpha value is -1.26. The topological polar surface area (TPSA) is 38.7 Å². The van der Waals surface area contributed by atoms with E-state index in [1.165, 1.54) is 25.9 Å². The Balaban J connectivity index is 2.06. The first-order valence-corrected chi connectivity index (χ1v) is 8.02. The highest BCUT2D eigenvalue weighted by molar-refractivity contribution is 5.54. The molecule has 1 aliphatic rings. The molecule has 4 nitrogen and oxygen atoms in total. The summed E-state index contributed by atoms with van der Waals surface area (Å²) in [5.74, 6) is 0.382. The van der Waals surface area contributed by atoms with Gasteiger partial charge in [-0.25, -0.2) is 0 Å². The maximum atomic E-state index is 10.2. The molecule has 4 heteroatoms. The van der Waals surface area contributed by atoms with Crippen molar-refractivity contribution in [3.63, 3.8) is 0 Å². The molecule has 0 spiro atoms. The van der Waals surface area contributed by atoms with Gasteiger partial charge in [-0.2, -0.15) is 0 Å². The number of nitrogens with zero attached hydrogens (tertiary/aromatic N) is 2. The lowest BCUT2D eigenvalue weighted by Crippen LogP contribution is -2.43. The van der Waals surface area contributed by atoms with Crippen LogP contribution in [0.3, 0.4) is 0 Å². The molecular formula is C17H29N3O. The van der Waals surface area contributed by atoms with Crippen molar-refractivity contribution in [3.05, 3.63) is 23.8 Å². The van der Waals surface area contributed by atoms with Crippen molar-refractivity contribution in [2.75, 3.05) is 38.6 Å². The molecule has 0 amide bonds. The smallest absolute Gasteiger partial charge is 0.122 e. The van der Waals surface area contributed by atoms with Gasteiger partial charge >= 0.3 is 0 Å². The highest BCUT2D eigenvalue weighted by atomic mass is 16.3. The van der Waals surface area contributed by atoms with Crippen LogP contribution >= 0.6 is 0 Å². The summed E-state index contributed by atoms with van der Waals surface area (Å²) in [5, 5.41) is 13.4. The van der Waals surface area contributed by atoms with Crippen LogP contribution in [0.5, 0.6) is 5.75 Å². The minimum absolute atomic E-state index is 0.164. The van der Waals surface area contributed by atoms with E-state index >= 15 is 0 Å².